The van der Waals surface area contributed by atoms with E-state index < -0.39 is 0 Å². The molecule has 204 valence electrons. The van der Waals surface area contributed by atoms with E-state index in [0.717, 1.165) is 11.1 Å². The SMILES string of the molecule is COc1cc(-c2cc(-c3ccccc3)nc(SCCC(=O)Nc3cc(Cl)ccc3C)c2C#N)cc(OC)c1OC. The fourth-order valence-electron chi connectivity index (χ4n) is 4.14. The quantitative estimate of drug-likeness (QED) is 0.198. The lowest BCUT2D eigenvalue weighted by Gasteiger charge is -2.16. The van der Waals surface area contributed by atoms with Gasteiger partial charge in [0.2, 0.25) is 11.7 Å². The fraction of sp³-hybridized carbons (Fsp3) is 0.194. The van der Waals surface area contributed by atoms with Gasteiger partial charge in [0.05, 0.1) is 32.6 Å². The zero-order chi connectivity index (χ0) is 28.6. The minimum atomic E-state index is -0.152. The van der Waals surface area contributed by atoms with Crippen molar-refractivity contribution >= 4 is 35.0 Å². The number of aryl methyl sites for hydroxylation is 1. The van der Waals surface area contributed by atoms with Crippen LogP contribution >= 0.6 is 23.4 Å². The summed E-state index contributed by atoms with van der Waals surface area (Å²) in [4.78, 5) is 17.5. The topological polar surface area (TPSA) is 93.5 Å². The van der Waals surface area contributed by atoms with Gasteiger partial charge in [-0.15, -0.1) is 11.8 Å². The van der Waals surface area contributed by atoms with Gasteiger partial charge in [-0.3, -0.25) is 4.79 Å². The van der Waals surface area contributed by atoms with Crippen molar-refractivity contribution in [1.29, 1.82) is 5.26 Å². The van der Waals surface area contributed by atoms with E-state index in [2.05, 4.69) is 11.4 Å². The van der Waals surface area contributed by atoms with Crippen molar-refractivity contribution in [3.63, 3.8) is 0 Å². The smallest absolute Gasteiger partial charge is 0.225 e. The molecule has 1 N–H and O–H groups in total. The predicted molar refractivity (Wildman–Crippen MR) is 160 cm³/mol. The third-order valence-corrected chi connectivity index (χ3v) is 7.40. The number of nitrogens with zero attached hydrogens (tertiary/aromatic N) is 2. The van der Waals surface area contributed by atoms with Gasteiger partial charge in [-0.2, -0.15) is 5.26 Å². The molecule has 40 heavy (non-hydrogen) atoms. The Morgan fingerprint density at radius 3 is 2.30 bits per heavy atom. The maximum absolute atomic E-state index is 12.7. The van der Waals surface area contributed by atoms with E-state index in [9.17, 15) is 10.1 Å². The highest BCUT2D eigenvalue weighted by Gasteiger charge is 2.20. The van der Waals surface area contributed by atoms with E-state index in [1.165, 1.54) is 11.8 Å². The summed E-state index contributed by atoms with van der Waals surface area (Å²) < 4.78 is 16.6. The highest BCUT2D eigenvalue weighted by molar-refractivity contribution is 7.99. The minimum absolute atomic E-state index is 0.152. The van der Waals surface area contributed by atoms with Crippen molar-refractivity contribution in [2.75, 3.05) is 32.4 Å². The van der Waals surface area contributed by atoms with E-state index in [1.54, 1.807) is 33.5 Å². The predicted octanol–water partition coefficient (Wildman–Crippen LogP) is 7.40. The number of thioether (sulfide) groups is 1. The van der Waals surface area contributed by atoms with Crippen molar-refractivity contribution in [3.8, 4) is 45.7 Å². The zero-order valence-corrected chi connectivity index (χ0v) is 24.2. The number of hydrogen-bond donors (Lipinski definition) is 1. The molecule has 0 unspecified atom stereocenters. The molecule has 1 amide bonds. The normalized spacial score (nSPS) is 10.5. The highest BCUT2D eigenvalue weighted by Crippen LogP contribution is 2.43. The van der Waals surface area contributed by atoms with Crippen LogP contribution < -0.4 is 19.5 Å². The molecular formula is C31H28ClN3O4S. The van der Waals surface area contributed by atoms with Crippen LogP contribution in [0.3, 0.4) is 0 Å². The van der Waals surface area contributed by atoms with Crippen LogP contribution in [0.2, 0.25) is 5.02 Å². The number of rotatable bonds is 10. The highest BCUT2D eigenvalue weighted by atomic mass is 35.5. The second-order valence-electron chi connectivity index (χ2n) is 8.73. The van der Waals surface area contributed by atoms with Gasteiger partial charge in [-0.25, -0.2) is 4.98 Å². The largest absolute Gasteiger partial charge is 0.493 e. The van der Waals surface area contributed by atoms with Crippen LogP contribution in [-0.4, -0.2) is 38.0 Å². The van der Waals surface area contributed by atoms with Gasteiger partial charge < -0.3 is 19.5 Å². The van der Waals surface area contributed by atoms with Crippen LogP contribution in [0, 0.1) is 18.3 Å². The van der Waals surface area contributed by atoms with E-state index in [-0.39, 0.29) is 12.3 Å². The number of hydrogen-bond acceptors (Lipinski definition) is 7. The van der Waals surface area contributed by atoms with Crippen molar-refractivity contribution in [2.24, 2.45) is 0 Å². The van der Waals surface area contributed by atoms with Gasteiger partial charge in [0.1, 0.15) is 11.1 Å². The maximum atomic E-state index is 12.7. The number of halogens is 1. The van der Waals surface area contributed by atoms with Crippen LogP contribution in [-0.2, 0) is 4.79 Å². The van der Waals surface area contributed by atoms with Gasteiger partial charge in [0.15, 0.2) is 11.5 Å². The number of aromatic nitrogens is 1. The Kier molecular flexibility index (Phi) is 9.54. The molecular weight excluding hydrogens is 546 g/mol. The Morgan fingerprint density at radius 1 is 0.975 bits per heavy atom. The Balaban J connectivity index is 1.70. The molecule has 1 heterocycles. The first kappa shape index (κ1) is 28.8. The van der Waals surface area contributed by atoms with Crippen molar-refractivity contribution in [2.45, 2.75) is 18.4 Å². The summed E-state index contributed by atoms with van der Waals surface area (Å²) in [6, 6.07) is 22.9. The van der Waals surface area contributed by atoms with Crippen molar-refractivity contribution in [3.05, 3.63) is 82.9 Å². The second-order valence-corrected chi connectivity index (χ2v) is 10.3. The van der Waals surface area contributed by atoms with Gasteiger partial charge in [0.25, 0.3) is 0 Å². The summed E-state index contributed by atoms with van der Waals surface area (Å²) in [5.74, 6) is 1.67. The monoisotopic (exact) mass is 573 g/mol. The molecule has 0 aliphatic carbocycles. The Labute approximate surface area is 243 Å². The molecule has 0 atom stereocenters. The van der Waals surface area contributed by atoms with E-state index >= 15 is 0 Å². The van der Waals surface area contributed by atoms with Gasteiger partial charge in [-0.05, 0) is 48.4 Å². The molecule has 3 aromatic carbocycles. The van der Waals surface area contributed by atoms with E-state index in [0.29, 0.717) is 61.1 Å². The Morgan fingerprint density at radius 2 is 1.68 bits per heavy atom. The van der Waals surface area contributed by atoms with Gasteiger partial charge >= 0.3 is 0 Å². The average Bonchev–Trinajstić information content (AvgIpc) is 2.98. The molecule has 0 saturated heterocycles. The maximum Gasteiger partial charge on any atom is 0.225 e. The zero-order valence-electron chi connectivity index (χ0n) is 22.6. The van der Waals surface area contributed by atoms with Gasteiger partial charge in [-0.1, -0.05) is 48.0 Å². The third-order valence-electron chi connectivity index (χ3n) is 6.18. The minimum Gasteiger partial charge on any atom is -0.493 e. The molecule has 0 fully saturated rings. The standard InChI is InChI=1S/C31H28ClN3O4S/c1-19-10-11-22(32)16-25(19)34-29(36)12-13-40-31-24(18-33)23(17-26(35-31)20-8-6-5-7-9-20)21-14-27(37-2)30(39-4)28(15-21)38-3/h5-11,14-17H,12-13H2,1-4H3,(H,34,36). The lowest BCUT2D eigenvalue weighted by molar-refractivity contribution is -0.115. The number of carbonyl (C=O) groups excluding carboxylic acids is 1. The second kappa shape index (κ2) is 13.2. The molecule has 0 aliphatic rings. The van der Waals surface area contributed by atoms with Crippen LogP contribution in [0.25, 0.3) is 22.4 Å². The van der Waals surface area contributed by atoms with Crippen LogP contribution in [0.15, 0.2) is 71.8 Å². The number of carbonyl (C=O) groups is 1. The summed E-state index contributed by atoms with van der Waals surface area (Å²) in [5, 5.41) is 14.2. The van der Waals surface area contributed by atoms with Gasteiger partial charge in [0, 0.05) is 34.0 Å². The van der Waals surface area contributed by atoms with Crippen molar-refractivity contribution < 1.29 is 19.0 Å². The van der Waals surface area contributed by atoms with E-state index in [4.69, 9.17) is 30.8 Å². The first-order valence-electron chi connectivity index (χ1n) is 12.4. The number of methoxy groups -OCH3 is 3. The number of nitriles is 1. The van der Waals surface area contributed by atoms with Crippen LogP contribution in [0.5, 0.6) is 17.2 Å². The number of amides is 1. The Hall–Kier alpha value is -4.19. The summed E-state index contributed by atoms with van der Waals surface area (Å²) in [5.41, 5.74) is 4.96. The van der Waals surface area contributed by atoms with E-state index in [1.807, 2.05) is 61.5 Å². The number of ether oxygens (including phenoxy) is 3. The lowest BCUT2D eigenvalue weighted by Crippen LogP contribution is -2.13. The summed E-state index contributed by atoms with van der Waals surface area (Å²) in [7, 11) is 4.64. The molecule has 9 heteroatoms. The fourth-order valence-corrected chi connectivity index (χ4v) is 5.25. The Bertz CT molecular complexity index is 1550. The molecule has 4 rings (SSSR count). The number of anilines is 1. The number of pyridine rings is 1. The molecule has 0 bridgehead atoms. The molecule has 7 nitrogen and oxygen atoms in total. The van der Waals surface area contributed by atoms with Crippen LogP contribution in [0.4, 0.5) is 5.69 Å². The third kappa shape index (κ3) is 6.50. The number of nitrogens with one attached hydrogen (secondary N) is 1. The van der Waals surface area contributed by atoms with Crippen LogP contribution in [0.1, 0.15) is 17.5 Å². The molecule has 4 aromatic rings. The summed E-state index contributed by atoms with van der Waals surface area (Å²) in [6.45, 7) is 1.91. The summed E-state index contributed by atoms with van der Waals surface area (Å²) >= 11 is 7.44. The average molecular weight is 574 g/mol. The molecule has 0 radical (unpaired) electrons. The first-order chi connectivity index (χ1) is 19.4. The molecule has 0 spiro atoms. The molecule has 0 saturated carbocycles. The molecule has 0 aliphatic heterocycles. The lowest BCUT2D eigenvalue weighted by atomic mass is 9.98. The molecule has 1 aromatic heterocycles. The summed E-state index contributed by atoms with van der Waals surface area (Å²) in [6.07, 6.45) is 0.220. The number of benzene rings is 3. The van der Waals surface area contributed by atoms with Crippen molar-refractivity contribution in [1.82, 2.24) is 4.98 Å². The first-order valence-corrected chi connectivity index (χ1v) is 13.7.